The maximum Gasteiger partial charge on any atom is 0.178 e. The summed E-state index contributed by atoms with van der Waals surface area (Å²) in [5.74, 6) is 0.212. The van der Waals surface area contributed by atoms with Crippen LogP contribution in [0.3, 0.4) is 0 Å². The van der Waals surface area contributed by atoms with Gasteiger partial charge in [0, 0.05) is 12.2 Å². The van der Waals surface area contributed by atoms with E-state index in [0.29, 0.717) is 16.7 Å². The summed E-state index contributed by atoms with van der Waals surface area (Å²) in [6, 6.07) is 7.05. The maximum absolute atomic E-state index is 11.9. The molecule has 0 radical (unpaired) electrons. The predicted octanol–water partition coefficient (Wildman–Crippen LogP) is 3.72. The van der Waals surface area contributed by atoms with Gasteiger partial charge in [0.15, 0.2) is 9.84 Å². The van der Waals surface area contributed by atoms with Crippen molar-refractivity contribution in [2.45, 2.75) is 45.4 Å². The van der Waals surface area contributed by atoms with Crippen molar-refractivity contribution < 1.29 is 8.42 Å². The van der Waals surface area contributed by atoms with Crippen molar-refractivity contribution in [1.29, 1.82) is 0 Å². The molecular formula is C15H25NO2S. The summed E-state index contributed by atoms with van der Waals surface area (Å²) < 4.78 is 23.7. The Balaban J connectivity index is 2.62. The number of rotatable bonds is 6. The molecular weight excluding hydrogens is 258 g/mol. The topological polar surface area (TPSA) is 46.2 Å². The van der Waals surface area contributed by atoms with E-state index < -0.39 is 9.84 Å². The van der Waals surface area contributed by atoms with Crippen molar-refractivity contribution in [3.05, 3.63) is 24.3 Å². The zero-order valence-electron chi connectivity index (χ0n) is 12.4. The van der Waals surface area contributed by atoms with Crippen LogP contribution in [0.4, 0.5) is 5.69 Å². The van der Waals surface area contributed by atoms with Crippen LogP contribution in [0, 0.1) is 5.41 Å². The number of benzene rings is 1. The average Bonchev–Trinajstić information content (AvgIpc) is 2.28. The van der Waals surface area contributed by atoms with Crippen molar-refractivity contribution >= 4 is 15.5 Å². The first-order valence-corrected chi connectivity index (χ1v) is 8.46. The first kappa shape index (κ1) is 16.0. The molecule has 0 fully saturated rings. The Morgan fingerprint density at radius 2 is 1.68 bits per heavy atom. The van der Waals surface area contributed by atoms with E-state index in [1.54, 1.807) is 12.1 Å². The predicted molar refractivity (Wildman–Crippen MR) is 81.3 cm³/mol. The van der Waals surface area contributed by atoms with Gasteiger partial charge in [-0.05, 0) is 42.5 Å². The Bertz CT molecular complexity index is 484. The Kier molecular flexibility index (Phi) is 5.41. The second kappa shape index (κ2) is 6.42. The Morgan fingerprint density at radius 1 is 1.11 bits per heavy atom. The van der Waals surface area contributed by atoms with Crippen LogP contribution in [-0.4, -0.2) is 20.7 Å². The second-order valence-electron chi connectivity index (χ2n) is 6.08. The molecule has 1 aromatic carbocycles. The molecule has 0 saturated heterocycles. The highest BCUT2D eigenvalue weighted by molar-refractivity contribution is 7.91. The first-order valence-electron chi connectivity index (χ1n) is 6.81. The van der Waals surface area contributed by atoms with Crippen LogP contribution in [-0.2, 0) is 9.84 Å². The summed E-state index contributed by atoms with van der Waals surface area (Å²) in [5, 5.41) is 3.32. The maximum atomic E-state index is 11.9. The Hall–Kier alpha value is -1.03. The number of hydrogen-bond acceptors (Lipinski definition) is 3. The Labute approximate surface area is 117 Å². The van der Waals surface area contributed by atoms with Gasteiger partial charge in [-0.3, -0.25) is 0 Å². The van der Waals surface area contributed by atoms with E-state index in [0.717, 1.165) is 18.7 Å². The van der Waals surface area contributed by atoms with Crippen LogP contribution >= 0.6 is 0 Å². The summed E-state index contributed by atoms with van der Waals surface area (Å²) in [5.41, 5.74) is 1.27. The van der Waals surface area contributed by atoms with E-state index >= 15 is 0 Å². The molecule has 0 aliphatic rings. The Morgan fingerprint density at radius 3 is 2.16 bits per heavy atom. The molecule has 3 nitrogen and oxygen atoms in total. The summed E-state index contributed by atoms with van der Waals surface area (Å²) >= 11 is 0. The van der Waals surface area contributed by atoms with Crippen molar-refractivity contribution in [3.63, 3.8) is 0 Å². The molecule has 0 unspecified atom stereocenters. The van der Waals surface area contributed by atoms with Crippen LogP contribution in [0.25, 0.3) is 0 Å². The van der Waals surface area contributed by atoms with Gasteiger partial charge in [-0.25, -0.2) is 8.42 Å². The minimum atomic E-state index is -3.10. The van der Waals surface area contributed by atoms with Gasteiger partial charge in [0.2, 0.25) is 0 Å². The second-order valence-corrected chi connectivity index (χ2v) is 8.19. The number of nitrogens with one attached hydrogen (secondary N) is 1. The molecule has 19 heavy (non-hydrogen) atoms. The van der Waals surface area contributed by atoms with Crippen molar-refractivity contribution in [1.82, 2.24) is 0 Å². The van der Waals surface area contributed by atoms with Crippen molar-refractivity contribution in [2.24, 2.45) is 5.41 Å². The van der Waals surface area contributed by atoms with Gasteiger partial charge in [0.05, 0.1) is 10.6 Å². The lowest BCUT2D eigenvalue weighted by Crippen LogP contribution is -2.13. The molecule has 4 heteroatoms. The normalized spacial score (nSPS) is 12.4. The highest BCUT2D eigenvalue weighted by Crippen LogP contribution is 2.20. The molecule has 0 bridgehead atoms. The van der Waals surface area contributed by atoms with Gasteiger partial charge in [-0.2, -0.15) is 0 Å². The third-order valence-corrected chi connectivity index (χ3v) is 4.83. The van der Waals surface area contributed by atoms with E-state index in [9.17, 15) is 8.42 Å². The van der Waals surface area contributed by atoms with Gasteiger partial charge in [0.1, 0.15) is 0 Å². The lowest BCUT2D eigenvalue weighted by molar-refractivity contribution is 0.390. The highest BCUT2D eigenvalue weighted by atomic mass is 32.2. The van der Waals surface area contributed by atoms with E-state index in [1.807, 2.05) is 19.1 Å². The molecule has 0 aromatic heterocycles. The highest BCUT2D eigenvalue weighted by Gasteiger charge is 2.13. The molecule has 1 aromatic rings. The molecule has 1 rings (SSSR count). The molecule has 0 atom stereocenters. The molecule has 0 spiro atoms. The summed E-state index contributed by atoms with van der Waals surface area (Å²) in [6.07, 6.45) is 1.72. The van der Waals surface area contributed by atoms with E-state index in [-0.39, 0.29) is 5.75 Å². The molecule has 0 aliphatic heterocycles. The van der Waals surface area contributed by atoms with E-state index in [2.05, 4.69) is 26.1 Å². The number of anilines is 1. The van der Waals surface area contributed by atoms with Crippen LogP contribution in [0.5, 0.6) is 0 Å². The number of sulfone groups is 1. The van der Waals surface area contributed by atoms with Gasteiger partial charge < -0.3 is 5.32 Å². The standard InChI is InChI=1S/C15H25NO2S/c1-5-12-19(17,18)14-8-6-13(7-9-14)16-11-10-15(2,3)4/h6-9,16H,5,10-12H2,1-4H3. The van der Waals surface area contributed by atoms with Crippen LogP contribution in [0.15, 0.2) is 29.2 Å². The summed E-state index contributed by atoms with van der Waals surface area (Å²) in [6.45, 7) is 9.38. The largest absolute Gasteiger partial charge is 0.385 e. The van der Waals surface area contributed by atoms with Crippen LogP contribution in [0.2, 0.25) is 0 Å². The lowest BCUT2D eigenvalue weighted by atomic mass is 9.92. The third-order valence-electron chi connectivity index (χ3n) is 2.89. The van der Waals surface area contributed by atoms with Crippen molar-refractivity contribution in [2.75, 3.05) is 17.6 Å². The molecule has 108 valence electrons. The third kappa shape index (κ3) is 5.64. The van der Waals surface area contributed by atoms with Gasteiger partial charge >= 0.3 is 0 Å². The van der Waals surface area contributed by atoms with E-state index in [1.165, 1.54) is 0 Å². The number of hydrogen-bond donors (Lipinski definition) is 1. The quantitative estimate of drug-likeness (QED) is 0.865. The SMILES string of the molecule is CCCS(=O)(=O)c1ccc(NCCC(C)(C)C)cc1. The fourth-order valence-electron chi connectivity index (χ4n) is 1.75. The van der Waals surface area contributed by atoms with Gasteiger partial charge in [0.25, 0.3) is 0 Å². The molecule has 1 N–H and O–H groups in total. The van der Waals surface area contributed by atoms with Crippen LogP contribution < -0.4 is 5.32 Å². The molecule has 0 aliphatic carbocycles. The lowest BCUT2D eigenvalue weighted by Gasteiger charge is -2.18. The minimum absolute atomic E-state index is 0.212. The minimum Gasteiger partial charge on any atom is -0.385 e. The summed E-state index contributed by atoms with van der Waals surface area (Å²) in [4.78, 5) is 0.413. The molecule has 0 amide bonds. The van der Waals surface area contributed by atoms with Crippen molar-refractivity contribution in [3.8, 4) is 0 Å². The van der Waals surface area contributed by atoms with E-state index in [4.69, 9.17) is 0 Å². The van der Waals surface area contributed by atoms with Crippen LogP contribution in [0.1, 0.15) is 40.5 Å². The molecule has 0 saturated carbocycles. The summed E-state index contributed by atoms with van der Waals surface area (Å²) in [7, 11) is -3.10. The fourth-order valence-corrected chi connectivity index (χ4v) is 3.07. The smallest absolute Gasteiger partial charge is 0.178 e. The fraction of sp³-hybridized carbons (Fsp3) is 0.600. The van der Waals surface area contributed by atoms with Gasteiger partial charge in [-0.15, -0.1) is 0 Å². The zero-order valence-corrected chi connectivity index (χ0v) is 13.2. The first-order chi connectivity index (χ1) is 8.74. The molecule has 0 heterocycles. The zero-order chi connectivity index (χ0) is 14.5. The average molecular weight is 283 g/mol. The monoisotopic (exact) mass is 283 g/mol. The van der Waals surface area contributed by atoms with Gasteiger partial charge in [-0.1, -0.05) is 27.7 Å².